The van der Waals surface area contributed by atoms with Crippen molar-refractivity contribution in [3.05, 3.63) is 75.1 Å². The predicted molar refractivity (Wildman–Crippen MR) is 114 cm³/mol. The molecule has 0 radical (unpaired) electrons. The van der Waals surface area contributed by atoms with Gasteiger partial charge in [-0.05, 0) is 51.2 Å². The standard InChI is InChI=1S/C23H26N2O4/c1-14-10-15(2)22-18(26)12-21(29-20(22)11-14)23(27)24-13-17(25(3)4)16-8-6-7-9-19(16)28-5/h6-12,17H,13H2,1-5H3,(H,24,27)/t17-/m0/s1. The Hall–Kier alpha value is -3.12. The molecule has 1 N–H and O–H groups in total. The topological polar surface area (TPSA) is 71.8 Å². The van der Waals surface area contributed by atoms with Gasteiger partial charge in [0, 0.05) is 18.2 Å². The molecule has 6 heteroatoms. The molecule has 3 rings (SSSR count). The number of para-hydroxylation sites is 1. The molecule has 6 nitrogen and oxygen atoms in total. The van der Waals surface area contributed by atoms with Gasteiger partial charge in [-0.3, -0.25) is 9.59 Å². The molecule has 1 heterocycles. The molecule has 0 aliphatic carbocycles. The molecule has 0 spiro atoms. The van der Waals surface area contributed by atoms with E-state index in [2.05, 4.69) is 5.32 Å². The van der Waals surface area contributed by atoms with Crippen LogP contribution in [0, 0.1) is 13.8 Å². The first kappa shape index (κ1) is 20.6. The van der Waals surface area contributed by atoms with E-state index in [1.807, 2.05) is 63.2 Å². The highest BCUT2D eigenvalue weighted by Gasteiger charge is 2.21. The molecular formula is C23H26N2O4. The Labute approximate surface area is 170 Å². The molecule has 29 heavy (non-hydrogen) atoms. The molecule has 0 saturated heterocycles. The number of methoxy groups -OCH3 is 1. The molecule has 152 valence electrons. The summed E-state index contributed by atoms with van der Waals surface area (Å²) in [7, 11) is 5.49. The third-order valence-electron chi connectivity index (χ3n) is 4.97. The summed E-state index contributed by atoms with van der Waals surface area (Å²) in [5.41, 5.74) is 2.98. The number of benzene rings is 2. The van der Waals surface area contributed by atoms with Gasteiger partial charge in [0.1, 0.15) is 11.3 Å². The van der Waals surface area contributed by atoms with E-state index in [1.165, 1.54) is 6.07 Å². The van der Waals surface area contributed by atoms with Crippen LogP contribution < -0.4 is 15.5 Å². The van der Waals surface area contributed by atoms with Crippen molar-refractivity contribution in [2.45, 2.75) is 19.9 Å². The molecule has 0 aliphatic heterocycles. The van der Waals surface area contributed by atoms with Gasteiger partial charge < -0.3 is 19.4 Å². The highest BCUT2D eigenvalue weighted by Crippen LogP contribution is 2.27. The minimum absolute atomic E-state index is 0.00466. The van der Waals surface area contributed by atoms with Crippen LogP contribution in [0.15, 0.2) is 51.7 Å². The number of carbonyl (C=O) groups excluding carboxylic acids is 1. The second-order valence-electron chi connectivity index (χ2n) is 7.36. The number of amides is 1. The lowest BCUT2D eigenvalue weighted by molar-refractivity contribution is 0.0914. The van der Waals surface area contributed by atoms with Gasteiger partial charge in [-0.15, -0.1) is 0 Å². The second kappa shape index (κ2) is 8.49. The molecule has 3 aromatic rings. The number of nitrogens with zero attached hydrogens (tertiary/aromatic N) is 1. The maximum Gasteiger partial charge on any atom is 0.287 e. The highest BCUT2D eigenvalue weighted by molar-refractivity contribution is 5.93. The number of carbonyl (C=O) groups is 1. The van der Waals surface area contributed by atoms with Gasteiger partial charge in [0.2, 0.25) is 0 Å². The molecule has 0 fully saturated rings. The van der Waals surface area contributed by atoms with E-state index >= 15 is 0 Å². The van der Waals surface area contributed by atoms with Crippen molar-refractivity contribution in [3.63, 3.8) is 0 Å². The quantitative estimate of drug-likeness (QED) is 0.693. The molecule has 1 aromatic heterocycles. The summed E-state index contributed by atoms with van der Waals surface area (Å²) >= 11 is 0. The Kier molecular flexibility index (Phi) is 6.03. The zero-order valence-corrected chi connectivity index (χ0v) is 17.4. The Morgan fingerprint density at radius 3 is 2.59 bits per heavy atom. The molecular weight excluding hydrogens is 368 g/mol. The van der Waals surface area contributed by atoms with Gasteiger partial charge >= 0.3 is 0 Å². The fourth-order valence-corrected chi connectivity index (χ4v) is 3.56. The van der Waals surface area contributed by atoms with Gasteiger partial charge in [0.25, 0.3) is 5.91 Å². The number of hydrogen-bond donors (Lipinski definition) is 1. The van der Waals surface area contributed by atoms with Crippen molar-refractivity contribution in [1.82, 2.24) is 10.2 Å². The first-order chi connectivity index (χ1) is 13.8. The average Bonchev–Trinajstić information content (AvgIpc) is 2.67. The van der Waals surface area contributed by atoms with Crippen molar-refractivity contribution >= 4 is 16.9 Å². The number of nitrogens with one attached hydrogen (secondary N) is 1. The van der Waals surface area contributed by atoms with E-state index in [-0.39, 0.29) is 17.2 Å². The Balaban J connectivity index is 1.87. The molecule has 1 amide bonds. The Bertz CT molecular complexity index is 1100. The van der Waals surface area contributed by atoms with E-state index in [0.717, 1.165) is 22.4 Å². The maximum absolute atomic E-state index is 12.7. The summed E-state index contributed by atoms with van der Waals surface area (Å²) in [6.07, 6.45) is 0. The fraction of sp³-hybridized carbons (Fsp3) is 0.304. The molecule has 1 atom stereocenters. The summed E-state index contributed by atoms with van der Waals surface area (Å²) in [6.45, 7) is 4.12. The number of hydrogen-bond acceptors (Lipinski definition) is 5. The van der Waals surface area contributed by atoms with E-state index in [1.54, 1.807) is 13.2 Å². The zero-order valence-electron chi connectivity index (χ0n) is 17.4. The van der Waals surface area contributed by atoms with Crippen LogP contribution in [0.4, 0.5) is 0 Å². The van der Waals surface area contributed by atoms with Crippen molar-refractivity contribution in [1.29, 1.82) is 0 Å². The van der Waals surface area contributed by atoms with E-state index in [4.69, 9.17) is 9.15 Å². The zero-order chi connectivity index (χ0) is 21.1. The third-order valence-corrected chi connectivity index (χ3v) is 4.97. The summed E-state index contributed by atoms with van der Waals surface area (Å²) in [5.74, 6) is 0.332. The largest absolute Gasteiger partial charge is 0.496 e. The van der Waals surface area contributed by atoms with E-state index < -0.39 is 5.91 Å². The predicted octanol–water partition coefficient (Wildman–Crippen LogP) is 3.45. The summed E-state index contributed by atoms with van der Waals surface area (Å²) < 4.78 is 11.2. The highest BCUT2D eigenvalue weighted by atomic mass is 16.5. The molecule has 2 aromatic carbocycles. The van der Waals surface area contributed by atoms with Crippen LogP contribution in [0.25, 0.3) is 11.0 Å². The number of likely N-dealkylation sites (N-methyl/N-ethyl adjacent to an activating group) is 1. The number of rotatable bonds is 6. The molecule has 0 unspecified atom stereocenters. The lowest BCUT2D eigenvalue weighted by Crippen LogP contribution is -2.35. The van der Waals surface area contributed by atoms with E-state index in [0.29, 0.717) is 17.5 Å². The first-order valence-corrected chi connectivity index (χ1v) is 9.44. The minimum Gasteiger partial charge on any atom is -0.496 e. The van der Waals surface area contributed by atoms with Gasteiger partial charge in [-0.25, -0.2) is 0 Å². The smallest absolute Gasteiger partial charge is 0.287 e. The fourth-order valence-electron chi connectivity index (χ4n) is 3.56. The molecule has 0 bridgehead atoms. The van der Waals surface area contributed by atoms with Crippen LogP contribution in [0.3, 0.4) is 0 Å². The normalized spacial score (nSPS) is 12.2. The Morgan fingerprint density at radius 2 is 1.90 bits per heavy atom. The molecule has 0 saturated carbocycles. The van der Waals surface area contributed by atoms with E-state index in [9.17, 15) is 9.59 Å². The third kappa shape index (κ3) is 4.32. The van der Waals surface area contributed by atoms with Crippen LogP contribution in [0.1, 0.15) is 33.3 Å². The van der Waals surface area contributed by atoms with Gasteiger partial charge in [-0.2, -0.15) is 0 Å². The lowest BCUT2D eigenvalue weighted by Gasteiger charge is -2.26. The molecule has 0 aliphatic rings. The van der Waals surface area contributed by atoms with Gasteiger partial charge in [-0.1, -0.05) is 24.3 Å². The number of fused-ring (bicyclic) bond motifs is 1. The average molecular weight is 394 g/mol. The van der Waals surface area contributed by atoms with Crippen molar-refractivity contribution in [2.24, 2.45) is 0 Å². The van der Waals surface area contributed by atoms with Gasteiger partial charge in [0.15, 0.2) is 11.2 Å². The minimum atomic E-state index is -0.426. The Morgan fingerprint density at radius 1 is 1.17 bits per heavy atom. The van der Waals surface area contributed by atoms with Crippen molar-refractivity contribution < 1.29 is 13.9 Å². The maximum atomic E-state index is 12.7. The first-order valence-electron chi connectivity index (χ1n) is 9.44. The second-order valence-corrected chi connectivity index (χ2v) is 7.36. The monoisotopic (exact) mass is 394 g/mol. The summed E-state index contributed by atoms with van der Waals surface area (Å²) in [5, 5.41) is 3.39. The number of aryl methyl sites for hydroxylation is 2. The summed E-state index contributed by atoms with van der Waals surface area (Å²) in [4.78, 5) is 27.3. The van der Waals surface area contributed by atoms with Gasteiger partial charge in [0.05, 0.1) is 18.5 Å². The van der Waals surface area contributed by atoms with Crippen LogP contribution in [0.2, 0.25) is 0 Å². The summed E-state index contributed by atoms with van der Waals surface area (Å²) in [6, 6.07) is 12.6. The number of ether oxygens (including phenoxy) is 1. The van der Waals surface area contributed by atoms with Crippen LogP contribution in [-0.4, -0.2) is 38.6 Å². The van der Waals surface area contributed by atoms with Crippen LogP contribution >= 0.6 is 0 Å². The lowest BCUT2D eigenvalue weighted by atomic mass is 10.0. The van der Waals surface area contributed by atoms with Crippen molar-refractivity contribution in [2.75, 3.05) is 27.7 Å². The SMILES string of the molecule is COc1ccccc1[C@H](CNC(=O)c1cc(=O)c2c(C)cc(C)cc2o1)N(C)C. The van der Waals surface area contributed by atoms with Crippen molar-refractivity contribution in [3.8, 4) is 5.75 Å². The van der Waals surface area contributed by atoms with Crippen LogP contribution in [-0.2, 0) is 0 Å². The van der Waals surface area contributed by atoms with Crippen LogP contribution in [0.5, 0.6) is 5.75 Å².